The van der Waals surface area contributed by atoms with E-state index in [-0.39, 0.29) is 5.91 Å². The fourth-order valence-electron chi connectivity index (χ4n) is 2.52. The molecule has 0 spiro atoms. The monoisotopic (exact) mass is 365 g/mol. The van der Waals surface area contributed by atoms with Crippen LogP contribution in [-0.2, 0) is 17.8 Å². The van der Waals surface area contributed by atoms with Gasteiger partial charge in [0.1, 0.15) is 0 Å². The van der Waals surface area contributed by atoms with Crippen molar-refractivity contribution in [3.8, 4) is 0 Å². The van der Waals surface area contributed by atoms with Crippen molar-refractivity contribution in [3.05, 3.63) is 38.5 Å². The van der Waals surface area contributed by atoms with Crippen LogP contribution in [0, 0.1) is 0 Å². The normalized spacial score (nSPS) is 13.7. The summed E-state index contributed by atoms with van der Waals surface area (Å²) in [5, 5.41) is 4.96. The maximum Gasteiger partial charge on any atom is 0.224 e. The lowest BCUT2D eigenvalue weighted by Gasteiger charge is -2.24. The highest BCUT2D eigenvalue weighted by molar-refractivity contribution is 9.10. The number of nitrogens with zero attached hydrogens (tertiary/aromatic N) is 1. The molecule has 1 aromatic carbocycles. The summed E-state index contributed by atoms with van der Waals surface area (Å²) >= 11 is 5.20. The highest BCUT2D eigenvalue weighted by Gasteiger charge is 2.18. The second kappa shape index (κ2) is 5.69. The number of benzene rings is 1. The van der Waals surface area contributed by atoms with Crippen LogP contribution in [0.3, 0.4) is 0 Å². The number of fused-ring (bicyclic) bond motifs is 1. The number of hydrogen-bond acceptors (Lipinski definition) is 4. The SMILES string of the molecule is CN(Cc1cc(Br)cs1)c1cc2c(cc1N)NC(=O)CC2. The first kappa shape index (κ1) is 14.4. The molecule has 0 atom stereocenters. The zero-order valence-corrected chi connectivity index (χ0v) is 14.1. The van der Waals surface area contributed by atoms with Crippen molar-refractivity contribution in [2.45, 2.75) is 19.4 Å². The molecule has 0 aliphatic carbocycles. The van der Waals surface area contributed by atoms with Crippen molar-refractivity contribution in [3.63, 3.8) is 0 Å². The predicted octanol–water partition coefficient (Wildman–Crippen LogP) is 3.61. The largest absolute Gasteiger partial charge is 0.397 e. The number of rotatable bonds is 3. The van der Waals surface area contributed by atoms with E-state index in [0.29, 0.717) is 12.1 Å². The summed E-state index contributed by atoms with van der Waals surface area (Å²) in [6.45, 7) is 0.811. The van der Waals surface area contributed by atoms with E-state index in [0.717, 1.165) is 34.4 Å². The van der Waals surface area contributed by atoms with Gasteiger partial charge in [0, 0.05) is 33.9 Å². The van der Waals surface area contributed by atoms with Gasteiger partial charge in [-0.1, -0.05) is 0 Å². The fourth-order valence-corrected chi connectivity index (χ4v) is 4.02. The maximum absolute atomic E-state index is 11.4. The molecule has 0 radical (unpaired) electrons. The first-order valence-electron chi connectivity index (χ1n) is 6.69. The van der Waals surface area contributed by atoms with Crippen LogP contribution in [0.4, 0.5) is 17.1 Å². The number of carbonyl (C=O) groups excluding carboxylic acids is 1. The molecule has 1 aliphatic heterocycles. The van der Waals surface area contributed by atoms with E-state index < -0.39 is 0 Å². The molecule has 3 rings (SSSR count). The summed E-state index contributed by atoms with van der Waals surface area (Å²) in [5.41, 5.74) is 9.85. The van der Waals surface area contributed by atoms with Gasteiger partial charge in [0.05, 0.1) is 17.9 Å². The van der Waals surface area contributed by atoms with Gasteiger partial charge in [-0.2, -0.15) is 0 Å². The molecule has 0 unspecified atom stereocenters. The van der Waals surface area contributed by atoms with Crippen LogP contribution in [0.15, 0.2) is 28.1 Å². The maximum atomic E-state index is 11.4. The van der Waals surface area contributed by atoms with E-state index >= 15 is 0 Å². The molecule has 2 heterocycles. The number of nitrogen functional groups attached to an aromatic ring is 1. The molecule has 110 valence electrons. The third kappa shape index (κ3) is 3.06. The van der Waals surface area contributed by atoms with Crippen molar-refractivity contribution in [2.75, 3.05) is 23.0 Å². The Kier molecular flexibility index (Phi) is 3.91. The molecule has 1 aliphatic rings. The Bertz CT molecular complexity index is 698. The summed E-state index contributed by atoms with van der Waals surface area (Å²) in [6.07, 6.45) is 1.31. The van der Waals surface area contributed by atoms with Gasteiger partial charge in [0.15, 0.2) is 0 Å². The van der Waals surface area contributed by atoms with Crippen LogP contribution in [-0.4, -0.2) is 13.0 Å². The number of carbonyl (C=O) groups is 1. The van der Waals surface area contributed by atoms with E-state index in [1.54, 1.807) is 11.3 Å². The number of hydrogen-bond donors (Lipinski definition) is 2. The van der Waals surface area contributed by atoms with Crippen molar-refractivity contribution in [1.29, 1.82) is 0 Å². The smallest absolute Gasteiger partial charge is 0.224 e. The van der Waals surface area contributed by atoms with Gasteiger partial charge in [0.2, 0.25) is 5.91 Å². The third-order valence-electron chi connectivity index (χ3n) is 3.57. The Hall–Kier alpha value is -1.53. The van der Waals surface area contributed by atoms with Gasteiger partial charge in [0.25, 0.3) is 0 Å². The third-order valence-corrected chi connectivity index (χ3v) is 5.26. The molecule has 0 fully saturated rings. The summed E-state index contributed by atoms with van der Waals surface area (Å²) in [6, 6.07) is 6.07. The van der Waals surface area contributed by atoms with Crippen LogP contribution in [0.1, 0.15) is 16.9 Å². The van der Waals surface area contributed by atoms with Gasteiger partial charge >= 0.3 is 0 Å². The highest BCUT2D eigenvalue weighted by Crippen LogP contribution is 2.34. The lowest BCUT2D eigenvalue weighted by molar-refractivity contribution is -0.116. The molecule has 3 N–H and O–H groups in total. The van der Waals surface area contributed by atoms with Gasteiger partial charge in [-0.15, -0.1) is 11.3 Å². The highest BCUT2D eigenvalue weighted by atomic mass is 79.9. The van der Waals surface area contributed by atoms with Gasteiger partial charge in [-0.25, -0.2) is 0 Å². The number of amides is 1. The Labute approximate surface area is 136 Å². The van der Waals surface area contributed by atoms with Crippen molar-refractivity contribution >= 4 is 50.2 Å². The van der Waals surface area contributed by atoms with Crippen LogP contribution in [0.25, 0.3) is 0 Å². The average Bonchev–Trinajstić information content (AvgIpc) is 2.83. The Morgan fingerprint density at radius 1 is 1.38 bits per heavy atom. The minimum Gasteiger partial charge on any atom is -0.397 e. The average molecular weight is 366 g/mol. The number of halogens is 1. The molecule has 2 aromatic rings. The Balaban J connectivity index is 1.86. The molecule has 21 heavy (non-hydrogen) atoms. The second-order valence-electron chi connectivity index (χ2n) is 5.20. The molecular weight excluding hydrogens is 350 g/mol. The molecule has 4 nitrogen and oxygen atoms in total. The summed E-state index contributed by atoms with van der Waals surface area (Å²) in [4.78, 5) is 14.9. The first-order valence-corrected chi connectivity index (χ1v) is 8.36. The fraction of sp³-hybridized carbons (Fsp3) is 0.267. The van der Waals surface area contributed by atoms with Gasteiger partial charge < -0.3 is 16.0 Å². The van der Waals surface area contributed by atoms with Gasteiger partial charge in [-0.05, 0) is 46.1 Å². The quantitative estimate of drug-likeness (QED) is 0.816. The van der Waals surface area contributed by atoms with Crippen molar-refractivity contribution < 1.29 is 4.79 Å². The lowest BCUT2D eigenvalue weighted by atomic mass is 10.0. The molecule has 0 bridgehead atoms. The van der Waals surface area contributed by atoms with Crippen LogP contribution >= 0.6 is 27.3 Å². The van der Waals surface area contributed by atoms with E-state index in [9.17, 15) is 4.79 Å². The van der Waals surface area contributed by atoms with E-state index in [1.165, 1.54) is 4.88 Å². The minimum atomic E-state index is 0.0615. The van der Waals surface area contributed by atoms with E-state index in [2.05, 4.69) is 43.7 Å². The zero-order chi connectivity index (χ0) is 15.0. The standard InChI is InChI=1S/C15H16BrN3OS/c1-19(7-11-5-10(16)8-21-11)14-4-9-2-3-15(20)18-13(9)6-12(14)17/h4-6,8H,2-3,7,17H2,1H3,(H,18,20). The molecule has 6 heteroatoms. The predicted molar refractivity (Wildman–Crippen MR) is 91.9 cm³/mol. The van der Waals surface area contributed by atoms with Crippen LogP contribution < -0.4 is 16.0 Å². The Morgan fingerprint density at radius 3 is 2.90 bits per heavy atom. The zero-order valence-electron chi connectivity index (χ0n) is 11.6. The lowest BCUT2D eigenvalue weighted by Crippen LogP contribution is -2.21. The van der Waals surface area contributed by atoms with Gasteiger partial charge in [-0.3, -0.25) is 4.79 Å². The van der Waals surface area contributed by atoms with Crippen molar-refractivity contribution in [2.24, 2.45) is 0 Å². The second-order valence-corrected chi connectivity index (χ2v) is 7.12. The first-order chi connectivity index (χ1) is 10.0. The number of anilines is 3. The van der Waals surface area contributed by atoms with E-state index in [1.807, 2.05) is 13.1 Å². The number of thiophene rings is 1. The Morgan fingerprint density at radius 2 is 2.19 bits per heavy atom. The number of nitrogens with one attached hydrogen (secondary N) is 1. The summed E-state index contributed by atoms with van der Waals surface area (Å²) < 4.78 is 1.11. The topological polar surface area (TPSA) is 58.4 Å². The molecule has 1 amide bonds. The van der Waals surface area contributed by atoms with Crippen molar-refractivity contribution in [1.82, 2.24) is 0 Å². The molecule has 0 saturated heterocycles. The molecular formula is C15H16BrN3OS. The molecule has 1 aromatic heterocycles. The summed E-state index contributed by atoms with van der Waals surface area (Å²) in [7, 11) is 2.03. The molecule has 0 saturated carbocycles. The minimum absolute atomic E-state index is 0.0615. The van der Waals surface area contributed by atoms with E-state index in [4.69, 9.17) is 5.73 Å². The summed E-state index contributed by atoms with van der Waals surface area (Å²) in [5.74, 6) is 0.0615. The van der Waals surface area contributed by atoms with Crippen LogP contribution in [0.5, 0.6) is 0 Å². The van der Waals surface area contributed by atoms with Crippen LogP contribution in [0.2, 0.25) is 0 Å². The number of nitrogens with two attached hydrogens (primary N) is 1. The number of aryl methyl sites for hydroxylation is 1.